The van der Waals surface area contributed by atoms with Crippen LogP contribution < -0.4 is 9.64 Å². The Kier molecular flexibility index (Phi) is 6.59. The van der Waals surface area contributed by atoms with E-state index in [1.54, 1.807) is 30.6 Å². The lowest BCUT2D eigenvalue weighted by Crippen LogP contribution is -2.49. The van der Waals surface area contributed by atoms with Crippen LogP contribution in [0, 0.1) is 0 Å². The number of carbonyl (C=O) groups is 1. The topological polar surface area (TPSA) is 58.6 Å². The van der Waals surface area contributed by atoms with Gasteiger partial charge in [0.2, 0.25) is 11.9 Å². The number of halogens is 3. The lowest BCUT2D eigenvalue weighted by atomic mass is 10.2. The third-order valence-corrected chi connectivity index (χ3v) is 6.28. The average Bonchev–Trinajstić information content (AvgIpc) is 3.27. The van der Waals surface area contributed by atoms with Crippen LogP contribution in [0.4, 0.5) is 19.1 Å². The summed E-state index contributed by atoms with van der Waals surface area (Å²) >= 11 is 1.53. The van der Waals surface area contributed by atoms with Crippen LogP contribution in [-0.4, -0.2) is 53.3 Å². The normalized spacial score (nSPS) is 14.5. The minimum Gasteiger partial charge on any atom is -0.406 e. The van der Waals surface area contributed by atoms with Crippen LogP contribution in [0.15, 0.2) is 54.9 Å². The summed E-state index contributed by atoms with van der Waals surface area (Å²) in [5.74, 6) is 0.550. The van der Waals surface area contributed by atoms with E-state index in [1.807, 2.05) is 17.0 Å². The first-order valence-corrected chi connectivity index (χ1v) is 10.9. The molecule has 10 heteroatoms. The van der Waals surface area contributed by atoms with Gasteiger partial charge in [-0.25, -0.2) is 9.97 Å². The average molecular weight is 462 g/mol. The summed E-state index contributed by atoms with van der Waals surface area (Å²) in [6.07, 6.45) is -0.243. The maximum atomic E-state index is 12.6. The van der Waals surface area contributed by atoms with E-state index >= 15 is 0 Å². The monoisotopic (exact) mass is 462 g/mol. The van der Waals surface area contributed by atoms with Crippen LogP contribution in [0.25, 0.3) is 10.4 Å². The minimum absolute atomic E-state index is 0.113. The van der Waals surface area contributed by atoms with E-state index in [4.69, 9.17) is 0 Å². The van der Waals surface area contributed by atoms with Crippen molar-refractivity contribution in [2.45, 2.75) is 19.2 Å². The quantitative estimate of drug-likeness (QED) is 0.544. The van der Waals surface area contributed by atoms with E-state index in [2.05, 4.69) is 19.6 Å². The summed E-state index contributed by atoms with van der Waals surface area (Å²) in [7, 11) is 0. The fourth-order valence-electron chi connectivity index (χ4n) is 3.49. The molecule has 2 aromatic heterocycles. The van der Waals surface area contributed by atoms with E-state index in [1.165, 1.54) is 23.5 Å². The molecule has 6 nitrogen and oxygen atoms in total. The molecule has 0 spiro atoms. The number of aromatic nitrogens is 2. The highest BCUT2D eigenvalue weighted by Crippen LogP contribution is 2.31. The second kappa shape index (κ2) is 9.56. The number of thiophene rings is 1. The first kappa shape index (κ1) is 22.1. The molecule has 1 amide bonds. The molecule has 0 radical (unpaired) electrons. The molecule has 0 saturated carbocycles. The molecule has 1 saturated heterocycles. The van der Waals surface area contributed by atoms with Crippen molar-refractivity contribution < 1.29 is 22.7 Å². The highest BCUT2D eigenvalue weighted by molar-refractivity contribution is 7.15. The Bertz CT molecular complexity index is 1030. The number of hydrogen-bond donors (Lipinski definition) is 0. The smallest absolute Gasteiger partial charge is 0.406 e. The molecule has 0 bridgehead atoms. The number of hydrogen-bond acceptors (Lipinski definition) is 6. The Labute approximate surface area is 187 Å². The van der Waals surface area contributed by atoms with Crippen molar-refractivity contribution in [1.29, 1.82) is 0 Å². The van der Waals surface area contributed by atoms with Gasteiger partial charge in [0.05, 0.1) is 0 Å². The SMILES string of the molecule is O=C(CCc1ccc(-c2ccc(OC(F)(F)F)cc2)s1)N1CCN(c2ncccn2)CC1. The van der Waals surface area contributed by atoms with Crippen molar-refractivity contribution in [2.75, 3.05) is 31.1 Å². The second-order valence-corrected chi connectivity index (χ2v) is 8.42. The number of carbonyl (C=O) groups excluding carboxylic acids is 1. The van der Waals surface area contributed by atoms with Gasteiger partial charge in [0.15, 0.2) is 0 Å². The number of piperazine rings is 1. The highest BCUT2D eigenvalue weighted by Gasteiger charge is 2.31. The zero-order chi connectivity index (χ0) is 22.6. The number of rotatable bonds is 6. The second-order valence-electron chi connectivity index (χ2n) is 7.25. The Morgan fingerprint density at radius 2 is 1.69 bits per heavy atom. The third kappa shape index (κ3) is 5.76. The molecule has 168 valence electrons. The molecule has 0 N–H and O–H groups in total. The lowest BCUT2D eigenvalue weighted by molar-refractivity contribution is -0.274. The zero-order valence-corrected chi connectivity index (χ0v) is 17.9. The minimum atomic E-state index is -4.70. The summed E-state index contributed by atoms with van der Waals surface area (Å²) < 4.78 is 40.8. The highest BCUT2D eigenvalue weighted by atomic mass is 32.1. The van der Waals surface area contributed by atoms with Crippen LogP contribution in [0.3, 0.4) is 0 Å². The number of aryl methyl sites for hydroxylation is 1. The Morgan fingerprint density at radius 3 is 2.34 bits per heavy atom. The maximum absolute atomic E-state index is 12.6. The summed E-state index contributed by atoms with van der Waals surface area (Å²) in [6.45, 7) is 2.68. The Hall–Kier alpha value is -3.14. The molecule has 4 rings (SSSR count). The van der Waals surface area contributed by atoms with E-state index in [0.717, 1.165) is 15.3 Å². The molecular formula is C22H21F3N4O2S. The van der Waals surface area contributed by atoms with Gasteiger partial charge in [0, 0.05) is 54.7 Å². The van der Waals surface area contributed by atoms with Crippen molar-refractivity contribution in [3.05, 3.63) is 59.7 Å². The standard InChI is InChI=1S/C22H21F3N4O2S/c23-22(24,25)31-17-4-2-16(3-5-17)19-8-6-18(32-19)7-9-20(30)28-12-14-29(15-13-28)21-26-10-1-11-27-21/h1-6,8,10-11H,7,9,12-15H2. The fourth-order valence-corrected chi connectivity index (χ4v) is 4.50. The number of ether oxygens (including phenoxy) is 1. The fraction of sp³-hybridized carbons (Fsp3) is 0.318. The van der Waals surface area contributed by atoms with Crippen molar-refractivity contribution in [2.24, 2.45) is 0 Å². The molecule has 32 heavy (non-hydrogen) atoms. The summed E-state index contributed by atoms with van der Waals surface area (Å²) in [5, 5.41) is 0. The van der Waals surface area contributed by atoms with Gasteiger partial charge in [-0.05, 0) is 54.4 Å². The van der Waals surface area contributed by atoms with Gasteiger partial charge in [-0.1, -0.05) is 0 Å². The summed E-state index contributed by atoms with van der Waals surface area (Å²) in [5.41, 5.74) is 0.807. The molecule has 1 fully saturated rings. The predicted molar refractivity (Wildman–Crippen MR) is 116 cm³/mol. The molecule has 1 aromatic carbocycles. The number of nitrogens with zero attached hydrogens (tertiary/aromatic N) is 4. The number of benzene rings is 1. The largest absolute Gasteiger partial charge is 0.573 e. The number of alkyl halides is 3. The van der Waals surface area contributed by atoms with Gasteiger partial charge in [-0.3, -0.25) is 4.79 Å². The van der Waals surface area contributed by atoms with Crippen molar-refractivity contribution in [3.63, 3.8) is 0 Å². The van der Waals surface area contributed by atoms with Crippen LogP contribution in [0.2, 0.25) is 0 Å². The van der Waals surface area contributed by atoms with Crippen LogP contribution in [-0.2, 0) is 11.2 Å². The summed E-state index contributed by atoms with van der Waals surface area (Å²) in [6, 6.07) is 11.4. The first-order valence-electron chi connectivity index (χ1n) is 10.1. The molecule has 0 unspecified atom stereocenters. The van der Waals surface area contributed by atoms with Crippen LogP contribution in [0.1, 0.15) is 11.3 Å². The van der Waals surface area contributed by atoms with Crippen molar-refractivity contribution in [3.8, 4) is 16.2 Å². The molecule has 1 aliphatic heterocycles. The maximum Gasteiger partial charge on any atom is 0.573 e. The Morgan fingerprint density at radius 1 is 1.00 bits per heavy atom. The molecule has 0 aliphatic carbocycles. The van der Waals surface area contributed by atoms with Gasteiger partial charge >= 0.3 is 6.36 Å². The van der Waals surface area contributed by atoms with E-state index in [0.29, 0.717) is 45.0 Å². The van der Waals surface area contributed by atoms with Crippen molar-refractivity contribution in [1.82, 2.24) is 14.9 Å². The zero-order valence-electron chi connectivity index (χ0n) is 17.1. The van der Waals surface area contributed by atoms with Gasteiger partial charge in [0.1, 0.15) is 5.75 Å². The number of anilines is 1. The molecule has 0 atom stereocenters. The molecule has 3 heterocycles. The first-order chi connectivity index (χ1) is 15.4. The Balaban J connectivity index is 1.27. The number of amides is 1. The van der Waals surface area contributed by atoms with Gasteiger partial charge in [-0.15, -0.1) is 24.5 Å². The molecule has 1 aliphatic rings. The lowest BCUT2D eigenvalue weighted by Gasteiger charge is -2.34. The molecular weight excluding hydrogens is 441 g/mol. The van der Waals surface area contributed by atoms with E-state index < -0.39 is 6.36 Å². The summed E-state index contributed by atoms with van der Waals surface area (Å²) in [4.78, 5) is 27.0. The van der Waals surface area contributed by atoms with Gasteiger partial charge < -0.3 is 14.5 Å². The van der Waals surface area contributed by atoms with Crippen LogP contribution >= 0.6 is 11.3 Å². The third-order valence-electron chi connectivity index (χ3n) is 5.09. The van der Waals surface area contributed by atoms with Gasteiger partial charge in [0.25, 0.3) is 0 Å². The molecule has 3 aromatic rings. The van der Waals surface area contributed by atoms with Crippen molar-refractivity contribution >= 4 is 23.2 Å². The van der Waals surface area contributed by atoms with Gasteiger partial charge in [-0.2, -0.15) is 0 Å². The predicted octanol–water partition coefficient (Wildman–Crippen LogP) is 4.39. The van der Waals surface area contributed by atoms with E-state index in [-0.39, 0.29) is 11.7 Å². The van der Waals surface area contributed by atoms with Crippen LogP contribution in [0.5, 0.6) is 5.75 Å². The van der Waals surface area contributed by atoms with E-state index in [9.17, 15) is 18.0 Å².